The molecule has 0 fully saturated rings. The summed E-state index contributed by atoms with van der Waals surface area (Å²) in [7, 11) is 0. The molecule has 1 aliphatic heterocycles. The Morgan fingerprint density at radius 3 is 2.29 bits per heavy atom. The summed E-state index contributed by atoms with van der Waals surface area (Å²) in [5.74, 6) is -1.23. The first kappa shape index (κ1) is 23.7. The molecule has 0 N–H and O–H groups in total. The van der Waals surface area contributed by atoms with E-state index in [9.17, 15) is 14.7 Å². The topological polar surface area (TPSA) is 82.1 Å². The number of hydrogen-bond acceptors (Lipinski definition) is 4. The van der Waals surface area contributed by atoms with Gasteiger partial charge in [0.15, 0.2) is 12.4 Å². The zero-order valence-electron chi connectivity index (χ0n) is 19.7. The third-order valence-electron chi connectivity index (χ3n) is 5.67. The van der Waals surface area contributed by atoms with Crippen LogP contribution in [0.1, 0.15) is 44.0 Å². The normalized spacial score (nSPS) is 14.1. The third-order valence-corrected chi connectivity index (χ3v) is 5.92. The molecule has 0 saturated heterocycles. The highest BCUT2D eigenvalue weighted by Crippen LogP contribution is 2.37. The monoisotopic (exact) mass is 478 g/mol. The van der Waals surface area contributed by atoms with Crippen molar-refractivity contribution in [3.63, 3.8) is 0 Å². The van der Waals surface area contributed by atoms with Gasteiger partial charge >= 0.3 is 5.91 Å². The summed E-state index contributed by atoms with van der Waals surface area (Å²) in [6.07, 6.45) is 4.69. The number of amides is 2. The Morgan fingerprint density at radius 1 is 1.06 bits per heavy atom. The SMILES string of the molecule is CCCc1nn(-c2ccc(Cl)cc2)c([O-])c1C1=C([n+]2ccc(C)cc2)C(=O)N(CC(C)C)C1=O. The minimum atomic E-state index is -0.466. The summed E-state index contributed by atoms with van der Waals surface area (Å²) in [5.41, 5.74) is 2.52. The van der Waals surface area contributed by atoms with Crippen LogP contribution in [0.25, 0.3) is 17.0 Å². The first-order valence-corrected chi connectivity index (χ1v) is 11.7. The Kier molecular flexibility index (Phi) is 6.57. The van der Waals surface area contributed by atoms with E-state index >= 15 is 0 Å². The van der Waals surface area contributed by atoms with E-state index < -0.39 is 17.7 Å². The fourth-order valence-corrected chi connectivity index (χ4v) is 4.20. The lowest BCUT2D eigenvalue weighted by molar-refractivity contribution is -0.577. The van der Waals surface area contributed by atoms with Crippen LogP contribution in [-0.2, 0) is 16.0 Å². The largest absolute Gasteiger partial charge is 0.858 e. The molecule has 0 radical (unpaired) electrons. The standard InChI is InChI=1S/C26H27ClN4O3/c1-5-6-20-21(25(33)31(28-20)19-9-7-18(27)8-10-19)22-23(29-13-11-17(4)12-14-29)26(34)30(24(22)32)15-16(2)3/h7-14,16H,5-6,15H2,1-4H3. The number of hydrogen-bond donors (Lipinski definition) is 0. The van der Waals surface area contributed by atoms with Crippen LogP contribution in [0.15, 0.2) is 48.8 Å². The van der Waals surface area contributed by atoms with Gasteiger partial charge in [0, 0.05) is 29.3 Å². The fourth-order valence-electron chi connectivity index (χ4n) is 4.07. The Balaban J connectivity index is 1.97. The number of carbonyl (C=O) groups excluding carboxylic acids is 2. The molecule has 0 atom stereocenters. The van der Waals surface area contributed by atoms with E-state index in [0.717, 1.165) is 12.0 Å². The second-order valence-electron chi connectivity index (χ2n) is 8.89. The number of pyridine rings is 1. The van der Waals surface area contributed by atoms with Gasteiger partial charge < -0.3 is 5.11 Å². The quantitative estimate of drug-likeness (QED) is 0.384. The first-order valence-electron chi connectivity index (χ1n) is 11.4. The molecule has 2 aromatic heterocycles. The predicted octanol–water partition coefficient (Wildman–Crippen LogP) is 3.54. The smallest absolute Gasteiger partial charge is 0.326 e. The van der Waals surface area contributed by atoms with E-state index in [4.69, 9.17) is 11.6 Å². The number of imide groups is 1. The minimum absolute atomic E-state index is 0.0788. The van der Waals surface area contributed by atoms with E-state index in [2.05, 4.69) is 5.10 Å². The average molecular weight is 479 g/mol. The summed E-state index contributed by atoms with van der Waals surface area (Å²) >= 11 is 6.01. The lowest BCUT2D eigenvalue weighted by Gasteiger charge is -2.17. The molecule has 4 rings (SSSR count). The van der Waals surface area contributed by atoms with Gasteiger partial charge in [-0.05, 0) is 55.0 Å². The zero-order chi connectivity index (χ0) is 24.6. The molecule has 176 valence electrons. The average Bonchev–Trinajstić information content (AvgIpc) is 3.23. The molecule has 1 aliphatic rings. The van der Waals surface area contributed by atoms with Crippen molar-refractivity contribution >= 4 is 34.7 Å². The van der Waals surface area contributed by atoms with Gasteiger partial charge in [-0.2, -0.15) is 9.67 Å². The Hall–Kier alpha value is -3.45. The van der Waals surface area contributed by atoms with Crippen molar-refractivity contribution in [2.75, 3.05) is 6.54 Å². The molecule has 0 spiro atoms. The van der Waals surface area contributed by atoms with Crippen molar-refractivity contribution in [1.29, 1.82) is 0 Å². The molecule has 8 heteroatoms. The van der Waals surface area contributed by atoms with Gasteiger partial charge in [0.1, 0.15) is 5.57 Å². The molecule has 1 aromatic carbocycles. The van der Waals surface area contributed by atoms with Gasteiger partial charge in [-0.25, -0.2) is 4.68 Å². The third kappa shape index (κ3) is 4.23. The van der Waals surface area contributed by atoms with Gasteiger partial charge in [-0.1, -0.05) is 38.8 Å². The summed E-state index contributed by atoms with van der Waals surface area (Å²) in [5, 5.41) is 18.8. The summed E-state index contributed by atoms with van der Waals surface area (Å²) < 4.78 is 2.90. The molecule has 0 bridgehead atoms. The number of aryl methyl sites for hydroxylation is 2. The van der Waals surface area contributed by atoms with Crippen LogP contribution < -0.4 is 9.67 Å². The Morgan fingerprint density at radius 2 is 1.71 bits per heavy atom. The molecular weight excluding hydrogens is 452 g/mol. The number of rotatable bonds is 7. The molecule has 0 aliphatic carbocycles. The molecule has 0 saturated carbocycles. The van der Waals surface area contributed by atoms with Crippen LogP contribution in [0.3, 0.4) is 0 Å². The lowest BCUT2D eigenvalue weighted by atomic mass is 10.0. The molecule has 0 unspecified atom stereocenters. The van der Waals surface area contributed by atoms with Crippen LogP contribution in [0.4, 0.5) is 0 Å². The van der Waals surface area contributed by atoms with Gasteiger partial charge in [-0.15, -0.1) is 0 Å². The van der Waals surface area contributed by atoms with Crippen molar-refractivity contribution in [2.45, 2.75) is 40.5 Å². The van der Waals surface area contributed by atoms with Crippen molar-refractivity contribution in [3.8, 4) is 11.6 Å². The fraction of sp³-hybridized carbons (Fsp3) is 0.308. The number of nitrogens with zero attached hydrogens (tertiary/aromatic N) is 4. The van der Waals surface area contributed by atoms with Gasteiger partial charge in [0.05, 0.1) is 11.4 Å². The maximum absolute atomic E-state index is 13.7. The zero-order valence-corrected chi connectivity index (χ0v) is 20.5. The highest BCUT2D eigenvalue weighted by atomic mass is 35.5. The lowest BCUT2D eigenvalue weighted by Crippen LogP contribution is -2.40. The summed E-state index contributed by atoms with van der Waals surface area (Å²) in [4.78, 5) is 28.4. The van der Waals surface area contributed by atoms with E-state index in [1.54, 1.807) is 41.2 Å². The minimum Gasteiger partial charge on any atom is -0.858 e. The first-order chi connectivity index (χ1) is 16.2. The van der Waals surface area contributed by atoms with E-state index in [0.29, 0.717) is 22.8 Å². The van der Waals surface area contributed by atoms with Crippen LogP contribution in [0.5, 0.6) is 5.88 Å². The number of aromatic nitrogens is 3. The summed E-state index contributed by atoms with van der Waals surface area (Å²) in [6.45, 7) is 8.07. The maximum Gasteiger partial charge on any atom is 0.326 e. The van der Waals surface area contributed by atoms with Crippen LogP contribution >= 0.6 is 11.6 Å². The molecular formula is C26H27ClN4O3. The van der Waals surface area contributed by atoms with Gasteiger partial charge in [0.25, 0.3) is 11.6 Å². The Labute approximate surface area is 203 Å². The van der Waals surface area contributed by atoms with Crippen molar-refractivity contribution < 1.29 is 19.3 Å². The van der Waals surface area contributed by atoms with Crippen molar-refractivity contribution in [1.82, 2.24) is 14.7 Å². The summed E-state index contributed by atoms with van der Waals surface area (Å²) in [6, 6.07) is 10.5. The number of carbonyl (C=O) groups is 2. The van der Waals surface area contributed by atoms with E-state index in [1.165, 1.54) is 9.58 Å². The highest BCUT2D eigenvalue weighted by molar-refractivity contribution is 6.45. The second-order valence-corrected chi connectivity index (χ2v) is 9.32. The molecule has 3 heterocycles. The maximum atomic E-state index is 13.7. The van der Waals surface area contributed by atoms with E-state index in [1.807, 2.05) is 39.8 Å². The molecule has 7 nitrogen and oxygen atoms in total. The van der Waals surface area contributed by atoms with Crippen molar-refractivity contribution in [2.24, 2.45) is 5.92 Å². The van der Waals surface area contributed by atoms with Crippen molar-refractivity contribution in [3.05, 3.63) is 70.6 Å². The van der Waals surface area contributed by atoms with Crippen LogP contribution in [0, 0.1) is 12.8 Å². The molecule has 3 aromatic rings. The predicted molar refractivity (Wildman–Crippen MR) is 128 cm³/mol. The van der Waals surface area contributed by atoms with Crippen LogP contribution in [0.2, 0.25) is 5.02 Å². The van der Waals surface area contributed by atoms with E-state index in [-0.39, 0.29) is 29.3 Å². The number of benzene rings is 1. The molecule has 2 amide bonds. The second kappa shape index (κ2) is 9.43. The van der Waals surface area contributed by atoms with Gasteiger partial charge in [-0.3, -0.25) is 14.5 Å². The van der Waals surface area contributed by atoms with Gasteiger partial charge in [0.2, 0.25) is 0 Å². The molecule has 34 heavy (non-hydrogen) atoms. The Bertz CT molecular complexity index is 1270. The van der Waals surface area contributed by atoms with Crippen LogP contribution in [-0.4, -0.2) is 33.0 Å². The highest BCUT2D eigenvalue weighted by Gasteiger charge is 2.46. The number of halogens is 1.